The Morgan fingerprint density at radius 1 is 1.44 bits per heavy atom. The van der Waals surface area contributed by atoms with Crippen molar-refractivity contribution in [2.24, 2.45) is 0 Å². The summed E-state index contributed by atoms with van der Waals surface area (Å²) in [6, 6.07) is 8.77. The van der Waals surface area contributed by atoms with Crippen LogP contribution in [0.4, 0.5) is 5.69 Å². The molecule has 6 nitrogen and oxygen atoms in total. The number of aromatic nitrogens is 2. The Balaban J connectivity index is 2.17. The molecule has 0 saturated heterocycles. The summed E-state index contributed by atoms with van der Waals surface area (Å²) in [6.07, 6.45) is 1.66. The molecule has 94 valence electrons. The number of anilines is 1. The Morgan fingerprint density at radius 3 is 3.00 bits per heavy atom. The van der Waals surface area contributed by atoms with E-state index in [0.717, 1.165) is 5.69 Å². The molecule has 0 amide bonds. The van der Waals surface area contributed by atoms with Crippen molar-refractivity contribution in [2.45, 2.75) is 0 Å². The van der Waals surface area contributed by atoms with Crippen LogP contribution < -0.4 is 5.73 Å². The first kappa shape index (κ1) is 12.1. The maximum Gasteiger partial charge on any atom is 0.360 e. The van der Waals surface area contributed by atoms with Gasteiger partial charge in [-0.25, -0.2) is 9.48 Å². The molecule has 0 fully saturated rings. The summed E-state index contributed by atoms with van der Waals surface area (Å²) >= 11 is 0. The monoisotopic (exact) mass is 247 g/mol. The summed E-state index contributed by atoms with van der Waals surface area (Å²) in [6.45, 7) is -0.0933. The predicted octanol–water partition coefficient (Wildman–Crippen LogP) is 1.22. The Labute approximate surface area is 104 Å². The van der Waals surface area contributed by atoms with E-state index in [2.05, 4.69) is 9.84 Å². The van der Waals surface area contributed by atoms with Gasteiger partial charge in [-0.15, -0.1) is 0 Å². The number of hydrogen-bond acceptors (Lipinski definition) is 5. The molecule has 2 rings (SSSR count). The van der Waals surface area contributed by atoms with Gasteiger partial charge in [0.2, 0.25) is 0 Å². The first-order valence-electron chi connectivity index (χ1n) is 5.28. The standard InChI is InChI=1S/C12H13N3O3/c1-17-8-18-12(16)11-5-6-15(14-11)10-4-2-3-9(13)7-10/h2-7H,8,13H2,1H3. The van der Waals surface area contributed by atoms with Crippen LogP contribution in [0.1, 0.15) is 10.5 Å². The molecule has 0 aliphatic carbocycles. The van der Waals surface area contributed by atoms with Gasteiger partial charge in [0.15, 0.2) is 12.5 Å². The van der Waals surface area contributed by atoms with Gasteiger partial charge < -0.3 is 15.2 Å². The molecule has 0 aliphatic rings. The summed E-state index contributed by atoms with van der Waals surface area (Å²) in [4.78, 5) is 11.5. The zero-order valence-electron chi connectivity index (χ0n) is 9.87. The average molecular weight is 247 g/mol. The lowest BCUT2D eigenvalue weighted by Crippen LogP contribution is -2.09. The highest BCUT2D eigenvalue weighted by Crippen LogP contribution is 2.11. The fourth-order valence-electron chi connectivity index (χ4n) is 1.43. The van der Waals surface area contributed by atoms with Gasteiger partial charge in [0.1, 0.15) is 0 Å². The van der Waals surface area contributed by atoms with Crippen LogP contribution in [0, 0.1) is 0 Å². The molecule has 1 aromatic heterocycles. The van der Waals surface area contributed by atoms with Crippen LogP contribution in [0.5, 0.6) is 0 Å². The normalized spacial score (nSPS) is 10.3. The lowest BCUT2D eigenvalue weighted by molar-refractivity contribution is -0.0130. The smallest absolute Gasteiger partial charge is 0.360 e. The number of nitrogens with zero attached hydrogens (tertiary/aromatic N) is 2. The number of nitrogens with two attached hydrogens (primary N) is 1. The molecule has 0 radical (unpaired) electrons. The minimum atomic E-state index is -0.528. The van der Waals surface area contributed by atoms with Crippen molar-refractivity contribution in [3.63, 3.8) is 0 Å². The van der Waals surface area contributed by atoms with E-state index >= 15 is 0 Å². The molecular formula is C12H13N3O3. The minimum Gasteiger partial charge on any atom is -0.434 e. The maximum atomic E-state index is 11.5. The number of hydrogen-bond donors (Lipinski definition) is 1. The summed E-state index contributed by atoms with van der Waals surface area (Å²) in [5.74, 6) is -0.528. The highest BCUT2D eigenvalue weighted by molar-refractivity contribution is 5.87. The fourth-order valence-corrected chi connectivity index (χ4v) is 1.43. The lowest BCUT2D eigenvalue weighted by Gasteiger charge is -2.02. The molecule has 1 heterocycles. The lowest BCUT2D eigenvalue weighted by atomic mass is 10.3. The maximum absolute atomic E-state index is 11.5. The summed E-state index contributed by atoms with van der Waals surface area (Å²) < 4.78 is 11.0. The van der Waals surface area contributed by atoms with Crippen molar-refractivity contribution in [1.29, 1.82) is 0 Å². The van der Waals surface area contributed by atoms with Crippen molar-refractivity contribution in [3.8, 4) is 5.69 Å². The van der Waals surface area contributed by atoms with Gasteiger partial charge in [-0.05, 0) is 24.3 Å². The van der Waals surface area contributed by atoms with E-state index in [-0.39, 0.29) is 12.5 Å². The largest absolute Gasteiger partial charge is 0.434 e. The molecule has 0 aliphatic heterocycles. The molecular weight excluding hydrogens is 234 g/mol. The third-order valence-corrected chi connectivity index (χ3v) is 2.24. The number of rotatable bonds is 4. The minimum absolute atomic E-state index is 0.0933. The van der Waals surface area contributed by atoms with E-state index in [0.29, 0.717) is 5.69 Å². The number of carbonyl (C=O) groups is 1. The van der Waals surface area contributed by atoms with Crippen molar-refractivity contribution in [1.82, 2.24) is 9.78 Å². The average Bonchev–Trinajstić information content (AvgIpc) is 2.85. The molecule has 0 unspecified atom stereocenters. The molecule has 1 aromatic carbocycles. The SMILES string of the molecule is COCOC(=O)c1ccn(-c2cccc(N)c2)n1. The van der Waals surface area contributed by atoms with Crippen molar-refractivity contribution < 1.29 is 14.3 Å². The van der Waals surface area contributed by atoms with E-state index in [4.69, 9.17) is 10.5 Å². The van der Waals surface area contributed by atoms with Crippen molar-refractivity contribution >= 4 is 11.7 Å². The van der Waals surface area contributed by atoms with E-state index in [1.807, 2.05) is 12.1 Å². The topological polar surface area (TPSA) is 79.4 Å². The van der Waals surface area contributed by atoms with E-state index in [1.165, 1.54) is 7.11 Å². The van der Waals surface area contributed by atoms with E-state index in [1.54, 1.807) is 29.1 Å². The predicted molar refractivity (Wildman–Crippen MR) is 65.3 cm³/mol. The third kappa shape index (κ3) is 2.67. The van der Waals surface area contributed by atoms with Gasteiger partial charge in [-0.3, -0.25) is 0 Å². The number of benzene rings is 1. The van der Waals surface area contributed by atoms with Crippen LogP contribution in [0.2, 0.25) is 0 Å². The third-order valence-electron chi connectivity index (χ3n) is 2.24. The van der Waals surface area contributed by atoms with Crippen LogP contribution in [-0.2, 0) is 9.47 Å². The number of ether oxygens (including phenoxy) is 2. The molecule has 18 heavy (non-hydrogen) atoms. The first-order valence-corrected chi connectivity index (χ1v) is 5.28. The van der Waals surface area contributed by atoms with Crippen LogP contribution in [0.15, 0.2) is 36.5 Å². The molecule has 0 spiro atoms. The fraction of sp³-hybridized carbons (Fsp3) is 0.167. The van der Waals surface area contributed by atoms with Crippen LogP contribution in [-0.4, -0.2) is 29.7 Å². The summed E-state index contributed by atoms with van der Waals surface area (Å²) in [5.41, 5.74) is 7.31. The number of esters is 1. The second-order valence-electron chi connectivity index (χ2n) is 3.58. The van der Waals surface area contributed by atoms with Crippen LogP contribution >= 0.6 is 0 Å². The van der Waals surface area contributed by atoms with Gasteiger partial charge in [0.05, 0.1) is 5.69 Å². The highest BCUT2D eigenvalue weighted by Gasteiger charge is 2.11. The molecule has 0 bridgehead atoms. The summed E-state index contributed by atoms with van der Waals surface area (Å²) in [7, 11) is 1.44. The van der Waals surface area contributed by atoms with Gasteiger partial charge in [0.25, 0.3) is 0 Å². The Hall–Kier alpha value is -2.34. The second kappa shape index (κ2) is 5.33. The van der Waals surface area contributed by atoms with E-state index in [9.17, 15) is 4.79 Å². The van der Waals surface area contributed by atoms with Crippen molar-refractivity contribution in [3.05, 3.63) is 42.2 Å². The van der Waals surface area contributed by atoms with Gasteiger partial charge >= 0.3 is 5.97 Å². The van der Waals surface area contributed by atoms with Crippen LogP contribution in [0.25, 0.3) is 5.69 Å². The second-order valence-corrected chi connectivity index (χ2v) is 3.58. The Kier molecular flexibility index (Phi) is 3.59. The first-order chi connectivity index (χ1) is 8.70. The molecule has 2 aromatic rings. The Morgan fingerprint density at radius 2 is 2.28 bits per heavy atom. The van der Waals surface area contributed by atoms with Crippen molar-refractivity contribution in [2.75, 3.05) is 19.6 Å². The van der Waals surface area contributed by atoms with E-state index < -0.39 is 5.97 Å². The quantitative estimate of drug-likeness (QED) is 0.499. The number of nitrogen functional groups attached to an aromatic ring is 1. The molecule has 2 N–H and O–H groups in total. The molecule has 6 heteroatoms. The van der Waals surface area contributed by atoms with Crippen LogP contribution in [0.3, 0.4) is 0 Å². The van der Waals surface area contributed by atoms with Gasteiger partial charge in [-0.1, -0.05) is 6.07 Å². The van der Waals surface area contributed by atoms with Gasteiger partial charge in [0, 0.05) is 19.0 Å². The zero-order chi connectivity index (χ0) is 13.0. The Bertz CT molecular complexity index is 551. The highest BCUT2D eigenvalue weighted by atomic mass is 16.7. The van der Waals surface area contributed by atoms with Gasteiger partial charge in [-0.2, -0.15) is 5.10 Å². The molecule has 0 atom stereocenters. The summed E-state index contributed by atoms with van der Waals surface area (Å²) in [5, 5.41) is 4.11. The number of methoxy groups -OCH3 is 1. The number of carbonyl (C=O) groups excluding carboxylic acids is 1. The zero-order valence-corrected chi connectivity index (χ0v) is 9.87. The molecule has 0 saturated carbocycles.